The number of nitrogens with zero attached hydrogens (tertiary/aromatic N) is 4. The lowest BCUT2D eigenvalue weighted by atomic mass is 10.1. The van der Waals surface area contributed by atoms with Gasteiger partial charge in [0.15, 0.2) is 10.3 Å². The Kier molecular flexibility index (Phi) is 4.82. The highest BCUT2D eigenvalue weighted by atomic mass is 35.5. The lowest BCUT2D eigenvalue weighted by Crippen LogP contribution is -2.39. The van der Waals surface area contributed by atoms with Gasteiger partial charge in [0, 0.05) is 17.6 Å². The van der Waals surface area contributed by atoms with Crippen molar-refractivity contribution in [2.45, 2.75) is 39.3 Å². The molecule has 0 radical (unpaired) electrons. The summed E-state index contributed by atoms with van der Waals surface area (Å²) >= 11 is 7.20. The minimum absolute atomic E-state index is 0.169. The molecule has 0 spiro atoms. The third-order valence-electron chi connectivity index (χ3n) is 3.90. The smallest absolute Gasteiger partial charge is 0.326 e. The summed E-state index contributed by atoms with van der Waals surface area (Å²) in [5.41, 5.74) is 0.392. The SMILES string of the molecule is CCCC(C)n1c(=O)nc2n(Cc3csc(Cl)n3)cccc-2c1=O. The Hall–Kier alpha value is -1.99. The fraction of sp³-hybridized carbons (Fsp3) is 0.375. The molecule has 24 heavy (non-hydrogen) atoms. The van der Waals surface area contributed by atoms with Gasteiger partial charge < -0.3 is 4.57 Å². The molecule has 0 aliphatic carbocycles. The van der Waals surface area contributed by atoms with Crippen molar-refractivity contribution in [3.8, 4) is 11.4 Å². The molecule has 8 heteroatoms. The molecule has 0 N–H and O–H groups in total. The second-order valence-corrected chi connectivity index (χ2v) is 7.11. The van der Waals surface area contributed by atoms with Crippen LogP contribution in [0.5, 0.6) is 0 Å². The molecule has 126 valence electrons. The first-order valence-electron chi connectivity index (χ1n) is 7.73. The highest BCUT2D eigenvalue weighted by Crippen LogP contribution is 2.19. The molecule has 3 heterocycles. The van der Waals surface area contributed by atoms with E-state index in [1.54, 1.807) is 22.9 Å². The van der Waals surface area contributed by atoms with E-state index in [2.05, 4.69) is 9.97 Å². The van der Waals surface area contributed by atoms with Crippen LogP contribution >= 0.6 is 22.9 Å². The molecule has 1 unspecified atom stereocenters. The van der Waals surface area contributed by atoms with Crippen molar-refractivity contribution in [3.63, 3.8) is 0 Å². The van der Waals surface area contributed by atoms with Gasteiger partial charge in [-0.25, -0.2) is 9.78 Å². The Bertz CT molecular complexity index is 946. The number of hydrogen-bond donors (Lipinski definition) is 0. The molecular formula is C16H17ClN4O2S. The topological polar surface area (TPSA) is 69.8 Å². The van der Waals surface area contributed by atoms with Gasteiger partial charge in [-0.1, -0.05) is 24.9 Å². The van der Waals surface area contributed by atoms with Gasteiger partial charge in [-0.15, -0.1) is 11.3 Å². The van der Waals surface area contributed by atoms with Gasteiger partial charge in [0.25, 0.3) is 5.56 Å². The maximum absolute atomic E-state index is 12.7. The molecule has 3 rings (SSSR count). The summed E-state index contributed by atoms with van der Waals surface area (Å²) < 4.78 is 3.45. The fourth-order valence-corrected chi connectivity index (χ4v) is 3.56. The Morgan fingerprint density at radius 1 is 1.33 bits per heavy atom. The van der Waals surface area contributed by atoms with Gasteiger partial charge in [-0.3, -0.25) is 9.36 Å². The van der Waals surface area contributed by atoms with Crippen LogP contribution in [0.3, 0.4) is 0 Å². The molecule has 0 saturated heterocycles. The summed E-state index contributed by atoms with van der Waals surface area (Å²) in [5.74, 6) is 0.372. The number of aromatic nitrogens is 4. The van der Waals surface area contributed by atoms with Gasteiger partial charge >= 0.3 is 5.69 Å². The Morgan fingerprint density at radius 3 is 2.79 bits per heavy atom. The quantitative estimate of drug-likeness (QED) is 0.697. The van der Waals surface area contributed by atoms with E-state index in [0.29, 0.717) is 22.4 Å². The molecule has 6 nitrogen and oxygen atoms in total. The molecule has 1 aromatic rings. The molecule has 0 bridgehead atoms. The van der Waals surface area contributed by atoms with Gasteiger partial charge in [0.05, 0.1) is 17.8 Å². The predicted octanol–water partition coefficient (Wildman–Crippen LogP) is 3.03. The van der Waals surface area contributed by atoms with Crippen molar-refractivity contribution in [1.82, 2.24) is 19.1 Å². The largest absolute Gasteiger partial charge is 0.352 e. The molecule has 1 aromatic heterocycles. The number of hydrogen-bond acceptors (Lipinski definition) is 5. The van der Waals surface area contributed by atoms with Crippen LogP contribution in [0.2, 0.25) is 4.47 Å². The maximum atomic E-state index is 12.7. The zero-order valence-electron chi connectivity index (χ0n) is 13.4. The van der Waals surface area contributed by atoms with E-state index in [4.69, 9.17) is 11.6 Å². The normalized spacial score (nSPS) is 12.6. The Labute approximate surface area is 147 Å². The van der Waals surface area contributed by atoms with Crippen molar-refractivity contribution < 1.29 is 0 Å². The molecule has 0 fully saturated rings. The third-order valence-corrected chi connectivity index (χ3v) is 4.93. The predicted molar refractivity (Wildman–Crippen MR) is 95.2 cm³/mol. The van der Waals surface area contributed by atoms with Crippen LogP contribution in [0, 0.1) is 0 Å². The van der Waals surface area contributed by atoms with Crippen molar-refractivity contribution in [3.05, 3.63) is 54.7 Å². The first kappa shape index (κ1) is 16.9. The van der Waals surface area contributed by atoms with Crippen molar-refractivity contribution in [2.75, 3.05) is 0 Å². The van der Waals surface area contributed by atoms with Gasteiger partial charge in [0.2, 0.25) is 0 Å². The number of pyridine rings is 1. The first-order valence-corrected chi connectivity index (χ1v) is 8.98. The van der Waals surface area contributed by atoms with Crippen LogP contribution in [0.4, 0.5) is 0 Å². The Balaban J connectivity index is 2.11. The summed E-state index contributed by atoms with van der Waals surface area (Å²) in [5, 5.41) is 1.84. The van der Waals surface area contributed by atoms with E-state index >= 15 is 0 Å². The van der Waals surface area contributed by atoms with Gasteiger partial charge in [-0.2, -0.15) is 4.98 Å². The van der Waals surface area contributed by atoms with E-state index in [1.165, 1.54) is 15.9 Å². The fourth-order valence-electron chi connectivity index (χ4n) is 2.79. The zero-order valence-corrected chi connectivity index (χ0v) is 15.0. The molecule has 0 aromatic carbocycles. The van der Waals surface area contributed by atoms with E-state index in [9.17, 15) is 9.59 Å². The molecule has 0 amide bonds. The standard InChI is InChI=1S/C16H17ClN4O2S/c1-3-5-10(2)21-14(22)12-6-4-7-20(13(12)19-16(21)23)8-11-9-24-15(17)18-11/h4,6-7,9-10H,3,5,8H2,1-2H3. The van der Waals surface area contributed by atoms with E-state index in [0.717, 1.165) is 18.5 Å². The van der Waals surface area contributed by atoms with Gasteiger partial charge in [0.1, 0.15) is 0 Å². The van der Waals surface area contributed by atoms with Crippen LogP contribution in [-0.2, 0) is 6.54 Å². The van der Waals surface area contributed by atoms with Crippen LogP contribution in [0.25, 0.3) is 11.4 Å². The average Bonchev–Trinajstić information content (AvgIpc) is 2.93. The lowest BCUT2D eigenvalue weighted by molar-refractivity contribution is 0.464. The summed E-state index contributed by atoms with van der Waals surface area (Å²) in [6.45, 7) is 4.29. The van der Waals surface area contributed by atoms with Crippen molar-refractivity contribution in [2.24, 2.45) is 0 Å². The molecular weight excluding hydrogens is 348 g/mol. The average molecular weight is 365 g/mol. The molecule has 2 aliphatic heterocycles. The molecule has 1 atom stereocenters. The zero-order chi connectivity index (χ0) is 17.3. The highest BCUT2D eigenvalue weighted by molar-refractivity contribution is 7.13. The number of rotatable bonds is 5. The van der Waals surface area contributed by atoms with Crippen LogP contribution < -0.4 is 11.2 Å². The summed E-state index contributed by atoms with van der Waals surface area (Å²) in [7, 11) is 0. The molecule has 0 saturated carbocycles. The second-order valence-electron chi connectivity index (χ2n) is 5.67. The summed E-state index contributed by atoms with van der Waals surface area (Å²) in [4.78, 5) is 33.5. The highest BCUT2D eigenvalue weighted by Gasteiger charge is 2.20. The van der Waals surface area contributed by atoms with Gasteiger partial charge in [-0.05, 0) is 25.5 Å². The third kappa shape index (κ3) is 3.14. The first-order chi connectivity index (χ1) is 11.5. The minimum Gasteiger partial charge on any atom is -0.326 e. The minimum atomic E-state index is -0.510. The summed E-state index contributed by atoms with van der Waals surface area (Å²) in [6.07, 6.45) is 3.43. The lowest BCUT2D eigenvalue weighted by Gasteiger charge is -2.17. The number of halogens is 1. The van der Waals surface area contributed by atoms with Crippen LogP contribution in [-0.4, -0.2) is 19.1 Å². The van der Waals surface area contributed by atoms with Crippen molar-refractivity contribution >= 4 is 22.9 Å². The Morgan fingerprint density at radius 2 is 2.12 bits per heavy atom. The second kappa shape index (κ2) is 6.86. The van der Waals surface area contributed by atoms with Crippen LogP contribution in [0.1, 0.15) is 38.4 Å². The maximum Gasteiger partial charge on any atom is 0.352 e. The number of thiazole rings is 1. The summed E-state index contributed by atoms with van der Waals surface area (Å²) in [6, 6.07) is 3.31. The van der Waals surface area contributed by atoms with E-state index in [-0.39, 0.29) is 11.6 Å². The van der Waals surface area contributed by atoms with E-state index in [1.807, 2.05) is 19.2 Å². The molecule has 2 aliphatic rings. The monoisotopic (exact) mass is 364 g/mol. The van der Waals surface area contributed by atoms with Crippen LogP contribution in [0.15, 0.2) is 33.3 Å². The van der Waals surface area contributed by atoms with E-state index < -0.39 is 5.69 Å². The van der Waals surface area contributed by atoms with Crippen molar-refractivity contribution in [1.29, 1.82) is 0 Å². The number of fused-ring (bicyclic) bond motifs is 1.